The molecule has 0 aromatic carbocycles. The maximum atomic E-state index is 10.6. The Morgan fingerprint density at radius 2 is 2.55 bits per heavy atom. The third-order valence-electron chi connectivity index (χ3n) is 1.35. The van der Waals surface area contributed by atoms with Gasteiger partial charge in [-0.15, -0.1) is 4.89 Å². The first kappa shape index (κ1) is 6.32. The molecule has 0 saturated carbocycles. The van der Waals surface area contributed by atoms with Crippen LogP contribution in [0.5, 0.6) is 0 Å². The van der Waals surface area contributed by atoms with E-state index in [1.54, 1.807) is 0 Å². The second kappa shape index (κ2) is 1.80. The van der Waals surface area contributed by atoms with Gasteiger partial charge in [-0.05, 0) is 0 Å². The molecule has 1 unspecified atom stereocenters. The average molecular weight is 156 g/mol. The van der Waals surface area contributed by atoms with Crippen LogP contribution in [0.3, 0.4) is 0 Å². The van der Waals surface area contributed by atoms with E-state index in [1.807, 2.05) is 0 Å². The number of aromatic nitrogens is 2. The van der Waals surface area contributed by atoms with Gasteiger partial charge in [-0.1, -0.05) is 0 Å². The summed E-state index contributed by atoms with van der Waals surface area (Å²) in [5, 5.41) is 9.26. The molecule has 0 amide bonds. The van der Waals surface area contributed by atoms with Crippen LogP contribution in [0.15, 0.2) is 18.7 Å². The zero-order valence-electron chi connectivity index (χ0n) is 5.30. The van der Waals surface area contributed by atoms with Crippen LogP contribution in [-0.2, 0) is 20.5 Å². The molecule has 0 radical (unpaired) electrons. The molecule has 2 rings (SSSR count). The van der Waals surface area contributed by atoms with Gasteiger partial charge in [0.15, 0.2) is 0 Å². The van der Waals surface area contributed by atoms with Crippen LogP contribution in [0.1, 0.15) is 0 Å². The second-order valence-electron chi connectivity index (χ2n) is 2.03. The monoisotopic (exact) mass is 156 g/mol. The molecule has 0 bridgehead atoms. The summed E-state index contributed by atoms with van der Waals surface area (Å²) >= 11 is 0. The van der Waals surface area contributed by atoms with E-state index in [2.05, 4.69) is 14.8 Å². The number of carbonyl (C=O) groups excluding carboxylic acids is 1. The highest BCUT2D eigenvalue weighted by molar-refractivity contribution is 5.77. The molecular weight excluding hydrogens is 152 g/mol. The fraction of sp³-hybridized carbons (Fsp3) is 0.200. The molecule has 6 nitrogen and oxygen atoms in total. The average Bonchev–Trinajstić information content (AvgIpc) is 2.52. The summed E-state index contributed by atoms with van der Waals surface area (Å²) in [6.07, 6.45) is 4.05. The van der Waals surface area contributed by atoms with Crippen LogP contribution in [0.25, 0.3) is 0 Å². The molecule has 1 saturated heterocycles. The van der Waals surface area contributed by atoms with E-state index in [0.29, 0.717) is 0 Å². The summed E-state index contributed by atoms with van der Waals surface area (Å²) in [4.78, 5) is 22.4. The SMILES string of the molecule is O=C1OOC1(O)n1ccnc1. The summed E-state index contributed by atoms with van der Waals surface area (Å²) in [5.41, 5.74) is 0. The summed E-state index contributed by atoms with van der Waals surface area (Å²) in [7, 11) is 0. The van der Waals surface area contributed by atoms with Crippen LogP contribution in [0, 0.1) is 0 Å². The Kier molecular flexibility index (Phi) is 1.04. The highest BCUT2D eigenvalue weighted by Crippen LogP contribution is 2.25. The fourth-order valence-electron chi connectivity index (χ4n) is 0.737. The molecular formula is C5H4N2O4. The highest BCUT2D eigenvalue weighted by Gasteiger charge is 2.53. The van der Waals surface area contributed by atoms with Gasteiger partial charge in [-0.3, -0.25) is 9.45 Å². The van der Waals surface area contributed by atoms with Crippen molar-refractivity contribution in [3.05, 3.63) is 18.7 Å². The van der Waals surface area contributed by atoms with Crippen molar-refractivity contribution in [2.45, 2.75) is 5.91 Å². The molecule has 1 atom stereocenters. The van der Waals surface area contributed by atoms with Gasteiger partial charge in [0.25, 0.3) is 0 Å². The normalized spacial score (nSPS) is 29.4. The van der Waals surface area contributed by atoms with Gasteiger partial charge in [-0.25, -0.2) is 9.78 Å². The minimum absolute atomic E-state index is 0.851. The van der Waals surface area contributed by atoms with Crippen LogP contribution in [-0.4, -0.2) is 20.6 Å². The Morgan fingerprint density at radius 1 is 1.73 bits per heavy atom. The van der Waals surface area contributed by atoms with E-state index in [4.69, 9.17) is 0 Å². The van der Waals surface area contributed by atoms with Crippen molar-refractivity contribution < 1.29 is 19.7 Å². The fourth-order valence-corrected chi connectivity index (χ4v) is 0.737. The second-order valence-corrected chi connectivity index (χ2v) is 2.03. The molecule has 1 aromatic rings. The Balaban J connectivity index is 2.36. The lowest BCUT2D eigenvalue weighted by molar-refractivity contribution is -0.491. The summed E-state index contributed by atoms with van der Waals surface area (Å²) < 4.78 is 1.10. The summed E-state index contributed by atoms with van der Waals surface area (Å²) in [5.74, 6) is -2.85. The van der Waals surface area contributed by atoms with E-state index in [9.17, 15) is 9.90 Å². The van der Waals surface area contributed by atoms with Crippen molar-refractivity contribution in [2.24, 2.45) is 0 Å². The lowest BCUT2D eigenvalue weighted by Gasteiger charge is -2.30. The van der Waals surface area contributed by atoms with Gasteiger partial charge in [0, 0.05) is 12.4 Å². The maximum absolute atomic E-state index is 10.6. The molecule has 1 aromatic heterocycles. The number of nitrogens with zero attached hydrogens (tertiary/aromatic N) is 2. The lowest BCUT2D eigenvalue weighted by atomic mass is 10.4. The van der Waals surface area contributed by atoms with E-state index in [-0.39, 0.29) is 0 Å². The molecule has 1 N–H and O–H groups in total. The Hall–Kier alpha value is -1.40. The van der Waals surface area contributed by atoms with Crippen molar-refractivity contribution in [1.29, 1.82) is 0 Å². The number of hydrogen-bond donors (Lipinski definition) is 1. The first-order chi connectivity index (χ1) is 5.23. The standard InChI is InChI=1S/C5H4N2O4/c8-4-5(9,11-10-4)7-2-1-6-3-7/h1-3,9H. The minimum atomic E-state index is -2.00. The Morgan fingerprint density at radius 3 is 2.91 bits per heavy atom. The van der Waals surface area contributed by atoms with Crippen LogP contribution in [0.2, 0.25) is 0 Å². The van der Waals surface area contributed by atoms with Gasteiger partial charge in [0.1, 0.15) is 0 Å². The number of rotatable bonds is 1. The Bertz CT molecular complexity index is 283. The van der Waals surface area contributed by atoms with E-state index < -0.39 is 11.9 Å². The van der Waals surface area contributed by atoms with E-state index in [1.165, 1.54) is 18.7 Å². The van der Waals surface area contributed by atoms with Crippen molar-refractivity contribution in [1.82, 2.24) is 9.55 Å². The van der Waals surface area contributed by atoms with E-state index >= 15 is 0 Å². The number of carbonyl (C=O) groups is 1. The van der Waals surface area contributed by atoms with Gasteiger partial charge < -0.3 is 5.11 Å². The van der Waals surface area contributed by atoms with E-state index in [0.717, 1.165) is 4.57 Å². The molecule has 0 spiro atoms. The zero-order valence-corrected chi connectivity index (χ0v) is 5.30. The molecule has 1 aliphatic heterocycles. The largest absolute Gasteiger partial charge is 0.428 e. The predicted octanol–water partition coefficient (Wildman–Crippen LogP) is -1.03. The number of imidazole rings is 1. The minimum Gasteiger partial charge on any atom is -0.337 e. The summed E-state index contributed by atoms with van der Waals surface area (Å²) in [6.45, 7) is 0. The van der Waals surface area contributed by atoms with Gasteiger partial charge in [-0.2, -0.15) is 0 Å². The third-order valence-corrected chi connectivity index (χ3v) is 1.35. The molecule has 2 heterocycles. The van der Waals surface area contributed by atoms with Crippen molar-refractivity contribution in [3.63, 3.8) is 0 Å². The lowest BCUT2D eigenvalue weighted by Crippen LogP contribution is -2.54. The maximum Gasteiger partial charge on any atom is 0.428 e. The molecule has 1 fully saturated rings. The molecule has 6 heteroatoms. The number of hydrogen-bond acceptors (Lipinski definition) is 5. The quantitative estimate of drug-likeness (QED) is 0.526. The van der Waals surface area contributed by atoms with Gasteiger partial charge in [0.2, 0.25) is 0 Å². The van der Waals surface area contributed by atoms with Crippen molar-refractivity contribution >= 4 is 5.97 Å². The zero-order chi connectivity index (χ0) is 7.90. The first-order valence-electron chi connectivity index (χ1n) is 2.84. The molecule has 11 heavy (non-hydrogen) atoms. The van der Waals surface area contributed by atoms with Crippen molar-refractivity contribution in [3.8, 4) is 0 Å². The van der Waals surface area contributed by atoms with Crippen LogP contribution >= 0.6 is 0 Å². The molecule has 58 valence electrons. The van der Waals surface area contributed by atoms with Crippen molar-refractivity contribution in [2.75, 3.05) is 0 Å². The Labute approximate surface area is 60.9 Å². The topological polar surface area (TPSA) is 73.6 Å². The number of aliphatic hydroxyl groups is 1. The summed E-state index contributed by atoms with van der Waals surface area (Å²) in [6, 6.07) is 0. The van der Waals surface area contributed by atoms with Crippen LogP contribution < -0.4 is 0 Å². The van der Waals surface area contributed by atoms with Gasteiger partial charge >= 0.3 is 11.9 Å². The first-order valence-corrected chi connectivity index (χ1v) is 2.84. The molecule has 0 aliphatic carbocycles. The smallest absolute Gasteiger partial charge is 0.337 e. The predicted molar refractivity (Wildman–Crippen MR) is 29.6 cm³/mol. The highest BCUT2D eigenvalue weighted by atomic mass is 17.3. The molecule has 1 aliphatic rings. The third kappa shape index (κ3) is 0.673. The van der Waals surface area contributed by atoms with Crippen LogP contribution in [0.4, 0.5) is 0 Å². The van der Waals surface area contributed by atoms with Gasteiger partial charge in [0.05, 0.1) is 6.33 Å².